The molecule has 0 fully saturated rings. The lowest BCUT2D eigenvalue weighted by molar-refractivity contribution is -0.113. The minimum Gasteiger partial charge on any atom is -0.323 e. The summed E-state index contributed by atoms with van der Waals surface area (Å²) in [7, 11) is 0. The summed E-state index contributed by atoms with van der Waals surface area (Å²) in [5, 5.41) is 2.65. The van der Waals surface area contributed by atoms with Gasteiger partial charge in [-0.3, -0.25) is 4.79 Å². The Balaban J connectivity index is 1.95. The van der Waals surface area contributed by atoms with Gasteiger partial charge in [0.05, 0.1) is 11.4 Å². The number of anilines is 1. The van der Waals surface area contributed by atoms with Gasteiger partial charge in [-0.05, 0) is 36.4 Å². The van der Waals surface area contributed by atoms with Gasteiger partial charge in [-0.15, -0.1) is 11.8 Å². The summed E-state index contributed by atoms with van der Waals surface area (Å²) in [6.45, 7) is 0. The number of hydrogen-bond donors (Lipinski definition) is 1. The van der Waals surface area contributed by atoms with Gasteiger partial charge in [0.25, 0.3) is 0 Å². The van der Waals surface area contributed by atoms with Crippen molar-refractivity contribution in [1.82, 2.24) is 0 Å². The Bertz CT molecular complexity index is 681. The van der Waals surface area contributed by atoms with Gasteiger partial charge >= 0.3 is 0 Å². The lowest BCUT2D eigenvalue weighted by Crippen LogP contribution is -2.15. The van der Waals surface area contributed by atoms with Crippen molar-refractivity contribution in [2.24, 2.45) is 0 Å². The number of hydrogen-bond acceptors (Lipinski definition) is 2. The van der Waals surface area contributed by atoms with E-state index in [2.05, 4.69) is 5.32 Å². The van der Waals surface area contributed by atoms with E-state index in [0.29, 0.717) is 9.92 Å². The van der Waals surface area contributed by atoms with E-state index in [0.717, 1.165) is 30.0 Å². The zero-order chi connectivity index (χ0) is 15.4. The zero-order valence-electron chi connectivity index (χ0n) is 10.5. The summed E-state index contributed by atoms with van der Waals surface area (Å²) in [5.41, 5.74) is -0.0293. The number of carbonyl (C=O) groups is 1. The number of carbonyl (C=O) groups excluding carboxylic acids is 1. The SMILES string of the molecule is O=C(CSc1ccc(F)c(F)c1)Nc1cc(Cl)ccc1F. The fourth-order valence-electron chi connectivity index (χ4n) is 1.50. The molecule has 1 amide bonds. The number of nitrogens with one attached hydrogen (secondary N) is 1. The number of benzene rings is 2. The molecule has 0 aromatic heterocycles. The first-order valence-corrected chi connectivity index (χ1v) is 7.15. The molecule has 2 nitrogen and oxygen atoms in total. The van der Waals surface area contributed by atoms with Crippen molar-refractivity contribution >= 4 is 35.0 Å². The van der Waals surface area contributed by atoms with E-state index in [1.54, 1.807) is 0 Å². The van der Waals surface area contributed by atoms with Crippen molar-refractivity contribution in [1.29, 1.82) is 0 Å². The van der Waals surface area contributed by atoms with Crippen LogP contribution in [-0.2, 0) is 4.79 Å². The molecule has 7 heteroatoms. The second-order valence-electron chi connectivity index (χ2n) is 4.04. The standard InChI is InChI=1S/C14H9ClF3NOS/c15-8-1-3-11(17)13(5-8)19-14(20)7-21-9-2-4-10(16)12(18)6-9/h1-6H,7H2,(H,19,20). The number of halogens is 4. The zero-order valence-corrected chi connectivity index (χ0v) is 12.1. The summed E-state index contributed by atoms with van der Waals surface area (Å²) in [6.07, 6.45) is 0. The molecule has 0 aliphatic carbocycles. The van der Waals surface area contributed by atoms with Crippen LogP contribution in [0.1, 0.15) is 0 Å². The molecule has 0 heterocycles. The maximum atomic E-state index is 13.4. The fourth-order valence-corrected chi connectivity index (χ4v) is 2.39. The van der Waals surface area contributed by atoms with Crippen molar-refractivity contribution in [3.05, 3.63) is 58.9 Å². The molecule has 110 valence electrons. The van der Waals surface area contributed by atoms with E-state index in [4.69, 9.17) is 11.6 Å². The summed E-state index contributed by atoms with van der Waals surface area (Å²) >= 11 is 6.71. The molecule has 0 radical (unpaired) electrons. The highest BCUT2D eigenvalue weighted by Gasteiger charge is 2.09. The Hall–Kier alpha value is -1.66. The molecule has 0 spiro atoms. The van der Waals surface area contributed by atoms with E-state index >= 15 is 0 Å². The molecule has 0 bridgehead atoms. The first-order valence-electron chi connectivity index (χ1n) is 5.78. The quantitative estimate of drug-likeness (QED) is 0.836. The topological polar surface area (TPSA) is 29.1 Å². The molecule has 0 saturated heterocycles. The molecule has 0 atom stereocenters. The highest BCUT2D eigenvalue weighted by atomic mass is 35.5. The van der Waals surface area contributed by atoms with Gasteiger partial charge < -0.3 is 5.32 Å². The molecule has 0 saturated carbocycles. The largest absolute Gasteiger partial charge is 0.323 e. The summed E-state index contributed by atoms with van der Waals surface area (Å²) in [4.78, 5) is 12.1. The van der Waals surface area contributed by atoms with Gasteiger partial charge in [0, 0.05) is 9.92 Å². The minimum atomic E-state index is -0.985. The predicted octanol–water partition coefficient (Wildman–Crippen LogP) is 4.49. The fraction of sp³-hybridized carbons (Fsp3) is 0.0714. The number of rotatable bonds is 4. The summed E-state index contributed by atoms with van der Waals surface area (Å²) in [6, 6.07) is 7.12. The molecule has 2 aromatic rings. The van der Waals surface area contributed by atoms with Gasteiger partial charge in [-0.2, -0.15) is 0 Å². The Morgan fingerprint density at radius 3 is 2.48 bits per heavy atom. The van der Waals surface area contributed by atoms with Crippen molar-refractivity contribution in [2.45, 2.75) is 4.90 Å². The second kappa shape index (κ2) is 6.87. The average molecular weight is 332 g/mol. The molecule has 1 N–H and O–H groups in total. The second-order valence-corrected chi connectivity index (χ2v) is 5.52. The third-order valence-corrected chi connectivity index (χ3v) is 3.69. The summed E-state index contributed by atoms with van der Waals surface area (Å²) in [5.74, 6) is -3.10. The van der Waals surface area contributed by atoms with E-state index in [9.17, 15) is 18.0 Å². The predicted molar refractivity (Wildman–Crippen MR) is 77.1 cm³/mol. The summed E-state index contributed by atoms with van der Waals surface area (Å²) < 4.78 is 39.2. The van der Waals surface area contributed by atoms with Crippen LogP contribution >= 0.6 is 23.4 Å². The highest BCUT2D eigenvalue weighted by Crippen LogP contribution is 2.22. The van der Waals surface area contributed by atoms with Gasteiger partial charge in [0.1, 0.15) is 5.82 Å². The smallest absolute Gasteiger partial charge is 0.234 e. The van der Waals surface area contributed by atoms with Crippen LogP contribution in [0, 0.1) is 17.5 Å². The molecule has 0 aliphatic rings. The normalized spacial score (nSPS) is 10.5. The maximum Gasteiger partial charge on any atom is 0.234 e. The first-order chi connectivity index (χ1) is 9.95. The molecule has 2 rings (SSSR count). The van der Waals surface area contributed by atoms with Crippen molar-refractivity contribution in [3.8, 4) is 0 Å². The highest BCUT2D eigenvalue weighted by molar-refractivity contribution is 8.00. The first kappa shape index (κ1) is 15.7. The van der Waals surface area contributed by atoms with Crippen LogP contribution in [-0.4, -0.2) is 11.7 Å². The minimum absolute atomic E-state index is 0.0293. The van der Waals surface area contributed by atoms with Crippen molar-refractivity contribution < 1.29 is 18.0 Å². The van der Waals surface area contributed by atoms with E-state index < -0.39 is 23.4 Å². The van der Waals surface area contributed by atoms with Gasteiger partial charge in [-0.25, -0.2) is 13.2 Å². The van der Waals surface area contributed by atoms with Crippen LogP contribution < -0.4 is 5.32 Å². The Morgan fingerprint density at radius 1 is 1.05 bits per heavy atom. The van der Waals surface area contributed by atoms with Crippen LogP contribution in [0.25, 0.3) is 0 Å². The van der Waals surface area contributed by atoms with Crippen LogP contribution in [0.3, 0.4) is 0 Å². The lowest BCUT2D eigenvalue weighted by Gasteiger charge is -2.07. The Morgan fingerprint density at radius 2 is 1.76 bits per heavy atom. The van der Waals surface area contributed by atoms with E-state index in [1.807, 2.05) is 0 Å². The Kier molecular flexibility index (Phi) is 5.14. The Labute approximate surface area is 128 Å². The van der Waals surface area contributed by atoms with E-state index in [-0.39, 0.29) is 11.4 Å². The third-order valence-electron chi connectivity index (χ3n) is 2.46. The number of amides is 1. The van der Waals surface area contributed by atoms with Crippen molar-refractivity contribution in [2.75, 3.05) is 11.1 Å². The third kappa shape index (κ3) is 4.41. The molecule has 21 heavy (non-hydrogen) atoms. The van der Waals surface area contributed by atoms with Crippen LogP contribution in [0.2, 0.25) is 5.02 Å². The molecular weight excluding hydrogens is 323 g/mol. The lowest BCUT2D eigenvalue weighted by atomic mass is 10.3. The molecule has 0 unspecified atom stereocenters. The van der Waals surface area contributed by atoms with Gasteiger partial charge in [0.2, 0.25) is 5.91 Å². The van der Waals surface area contributed by atoms with Crippen LogP contribution in [0.5, 0.6) is 0 Å². The van der Waals surface area contributed by atoms with Crippen LogP contribution in [0.4, 0.5) is 18.9 Å². The van der Waals surface area contributed by atoms with E-state index in [1.165, 1.54) is 18.2 Å². The maximum absolute atomic E-state index is 13.4. The number of thioether (sulfide) groups is 1. The molecular formula is C14H9ClF3NOS. The average Bonchev–Trinajstić information content (AvgIpc) is 2.44. The molecule has 0 aliphatic heterocycles. The molecule has 2 aromatic carbocycles. The van der Waals surface area contributed by atoms with Crippen LogP contribution in [0.15, 0.2) is 41.3 Å². The van der Waals surface area contributed by atoms with Gasteiger partial charge in [0.15, 0.2) is 11.6 Å². The monoisotopic (exact) mass is 331 g/mol. The van der Waals surface area contributed by atoms with Gasteiger partial charge in [-0.1, -0.05) is 11.6 Å². The van der Waals surface area contributed by atoms with Crippen molar-refractivity contribution in [3.63, 3.8) is 0 Å².